The third-order valence-corrected chi connectivity index (χ3v) is 7.66. The number of methoxy groups -OCH3 is 2. The summed E-state index contributed by atoms with van der Waals surface area (Å²) < 4.78 is 11.0. The van der Waals surface area contributed by atoms with Crippen LogP contribution >= 0.6 is 0 Å². The number of likely N-dealkylation sites (N-methyl/N-ethyl adjacent to an activating group) is 1. The molecule has 3 aliphatic rings. The molecule has 7 nitrogen and oxygen atoms in total. The highest BCUT2D eigenvalue weighted by molar-refractivity contribution is 5.94. The summed E-state index contributed by atoms with van der Waals surface area (Å²) in [5.74, 6) is 0.960. The monoisotopic (exact) mass is 479 g/mol. The normalized spacial score (nSPS) is 22.4. The van der Waals surface area contributed by atoms with Crippen LogP contribution in [0.3, 0.4) is 0 Å². The predicted octanol–water partition coefficient (Wildman–Crippen LogP) is 4.45. The lowest BCUT2D eigenvalue weighted by Crippen LogP contribution is -2.54. The first-order valence-electron chi connectivity index (χ1n) is 12.4. The molecule has 0 bridgehead atoms. The highest BCUT2D eigenvalue weighted by Crippen LogP contribution is 2.46. The lowest BCUT2D eigenvalue weighted by molar-refractivity contribution is 0.0575. The molecule has 1 atom stereocenters. The average Bonchev–Trinajstić information content (AvgIpc) is 2.98. The van der Waals surface area contributed by atoms with Crippen molar-refractivity contribution in [3.05, 3.63) is 70.6 Å². The van der Waals surface area contributed by atoms with Gasteiger partial charge in [-0.1, -0.05) is 31.2 Å². The summed E-state index contributed by atoms with van der Waals surface area (Å²) in [6, 6.07) is 9.47. The van der Waals surface area contributed by atoms with Gasteiger partial charge in [0.05, 0.1) is 31.6 Å². The van der Waals surface area contributed by atoms with Crippen molar-refractivity contribution in [3.8, 4) is 0 Å². The van der Waals surface area contributed by atoms with E-state index in [1.54, 1.807) is 14.2 Å². The van der Waals surface area contributed by atoms with Crippen molar-refractivity contribution >= 4 is 11.9 Å². The zero-order valence-corrected chi connectivity index (χ0v) is 21.5. The number of carbonyl (C=O) groups is 2. The molecule has 0 aromatic heterocycles. The molecule has 1 unspecified atom stereocenters. The molecule has 2 saturated heterocycles. The van der Waals surface area contributed by atoms with E-state index in [1.165, 1.54) is 0 Å². The zero-order valence-electron chi connectivity index (χ0n) is 21.5. The van der Waals surface area contributed by atoms with E-state index >= 15 is 0 Å². The predicted molar refractivity (Wildman–Crippen MR) is 136 cm³/mol. The number of ether oxygens (including phenoxy) is 2. The summed E-state index contributed by atoms with van der Waals surface area (Å²) in [6.45, 7) is 8.98. The molecule has 3 aliphatic heterocycles. The Bertz CT molecular complexity index is 1050. The second kappa shape index (κ2) is 10.3. The van der Waals surface area contributed by atoms with Crippen LogP contribution in [0.4, 0.5) is 4.79 Å². The Morgan fingerprint density at radius 3 is 2.46 bits per heavy atom. The third kappa shape index (κ3) is 4.49. The van der Waals surface area contributed by atoms with Gasteiger partial charge in [-0.05, 0) is 62.0 Å². The number of benzene rings is 1. The number of piperidine rings is 1. The summed E-state index contributed by atoms with van der Waals surface area (Å²) >= 11 is 0. The highest BCUT2D eigenvalue weighted by atomic mass is 16.5. The molecule has 1 aromatic rings. The van der Waals surface area contributed by atoms with Crippen molar-refractivity contribution in [2.45, 2.75) is 39.2 Å². The van der Waals surface area contributed by atoms with Crippen LogP contribution in [0.2, 0.25) is 0 Å². The first-order valence-corrected chi connectivity index (χ1v) is 12.4. The van der Waals surface area contributed by atoms with Gasteiger partial charge in [-0.15, -0.1) is 0 Å². The quantitative estimate of drug-likeness (QED) is 0.566. The smallest absolute Gasteiger partial charge is 0.325 e. The van der Waals surface area contributed by atoms with Crippen LogP contribution in [0.25, 0.3) is 0 Å². The Balaban J connectivity index is 1.66. The van der Waals surface area contributed by atoms with Crippen LogP contribution in [0.1, 0.15) is 44.0 Å². The number of nitrogens with zero attached hydrogens (tertiary/aromatic N) is 3. The molecule has 0 radical (unpaired) electrons. The second-order valence-corrected chi connectivity index (χ2v) is 9.59. The summed E-state index contributed by atoms with van der Waals surface area (Å²) in [7, 11) is 3.36. The standard InChI is InChI=1S/C28H37N3O4/c1-6-31-27(33)30-18-23(17-21(3)35-5)24(19-34-4)20(2)16-25(30)28(31)12-14-29(15-13-28)26(32)22-10-8-7-9-11-22/h7-11,16-17,20H,6,12-15,18-19H2,1-5H3. The van der Waals surface area contributed by atoms with Crippen LogP contribution in [0.15, 0.2) is 65.1 Å². The van der Waals surface area contributed by atoms with Gasteiger partial charge in [-0.3, -0.25) is 9.69 Å². The Labute approximate surface area is 208 Å². The van der Waals surface area contributed by atoms with E-state index in [0.29, 0.717) is 38.3 Å². The van der Waals surface area contributed by atoms with E-state index in [0.717, 1.165) is 35.4 Å². The zero-order chi connectivity index (χ0) is 25.2. The molecule has 0 aliphatic carbocycles. The molecule has 7 heteroatoms. The SMILES string of the molecule is CCN1C(=O)N2CC(C=C(C)OC)=C(COC)C(C)C=C2C12CCN(C(=O)c1ccccc1)CC2. The van der Waals surface area contributed by atoms with Gasteiger partial charge in [0.1, 0.15) is 0 Å². The van der Waals surface area contributed by atoms with Crippen molar-refractivity contribution in [1.29, 1.82) is 0 Å². The van der Waals surface area contributed by atoms with E-state index in [1.807, 2.05) is 65.0 Å². The fraction of sp³-hybridized carbons (Fsp3) is 0.500. The number of carbonyl (C=O) groups excluding carboxylic acids is 2. The number of hydrogen-bond donors (Lipinski definition) is 0. The number of likely N-dealkylation sites (tertiary alicyclic amines) is 1. The minimum Gasteiger partial charge on any atom is -0.501 e. The minimum atomic E-state index is -0.402. The average molecular weight is 480 g/mol. The summed E-state index contributed by atoms with van der Waals surface area (Å²) in [5, 5.41) is 0. The lowest BCUT2D eigenvalue weighted by Gasteiger charge is -2.44. The third-order valence-electron chi connectivity index (χ3n) is 7.66. The van der Waals surface area contributed by atoms with Crippen LogP contribution < -0.4 is 0 Å². The second-order valence-electron chi connectivity index (χ2n) is 9.59. The number of rotatable bonds is 6. The van der Waals surface area contributed by atoms with Gasteiger partial charge >= 0.3 is 6.03 Å². The number of amides is 3. The first kappa shape index (κ1) is 25.0. The van der Waals surface area contributed by atoms with Gasteiger partial charge in [0.2, 0.25) is 0 Å². The molecule has 3 amide bonds. The molecule has 0 N–H and O–H groups in total. The van der Waals surface area contributed by atoms with Crippen LogP contribution in [-0.4, -0.2) is 79.2 Å². The molecule has 1 spiro atoms. The van der Waals surface area contributed by atoms with Crippen molar-refractivity contribution in [2.24, 2.45) is 5.92 Å². The van der Waals surface area contributed by atoms with Gasteiger partial charge in [-0.25, -0.2) is 4.79 Å². The highest BCUT2D eigenvalue weighted by Gasteiger charge is 2.55. The van der Waals surface area contributed by atoms with E-state index in [2.05, 4.69) is 13.0 Å². The van der Waals surface area contributed by atoms with Gasteiger partial charge in [0.15, 0.2) is 0 Å². The topological polar surface area (TPSA) is 62.3 Å². The summed E-state index contributed by atoms with van der Waals surface area (Å²) in [5.41, 5.74) is 3.59. The van der Waals surface area contributed by atoms with Crippen molar-refractivity contribution in [1.82, 2.24) is 14.7 Å². The minimum absolute atomic E-state index is 0.0356. The molecule has 188 valence electrons. The maximum absolute atomic E-state index is 13.7. The molecule has 4 rings (SSSR count). The lowest BCUT2D eigenvalue weighted by atomic mass is 9.82. The van der Waals surface area contributed by atoms with Gasteiger partial charge < -0.3 is 19.3 Å². The molecule has 3 heterocycles. The van der Waals surface area contributed by atoms with Crippen molar-refractivity contribution in [3.63, 3.8) is 0 Å². The number of hydrogen-bond acceptors (Lipinski definition) is 4. The van der Waals surface area contributed by atoms with E-state index in [9.17, 15) is 9.59 Å². The molecule has 1 aromatic carbocycles. The molecule has 35 heavy (non-hydrogen) atoms. The van der Waals surface area contributed by atoms with Gasteiger partial charge in [0.25, 0.3) is 5.91 Å². The summed E-state index contributed by atoms with van der Waals surface area (Å²) in [6.07, 6.45) is 5.72. The number of urea groups is 1. The fourth-order valence-electron chi connectivity index (χ4n) is 5.75. The molecular weight excluding hydrogens is 442 g/mol. The van der Waals surface area contributed by atoms with E-state index in [4.69, 9.17) is 9.47 Å². The maximum Gasteiger partial charge on any atom is 0.325 e. The maximum atomic E-state index is 13.7. The summed E-state index contributed by atoms with van der Waals surface area (Å²) in [4.78, 5) is 32.7. The van der Waals surface area contributed by atoms with Crippen LogP contribution in [-0.2, 0) is 9.47 Å². The van der Waals surface area contributed by atoms with Crippen molar-refractivity contribution < 1.29 is 19.1 Å². The van der Waals surface area contributed by atoms with E-state index in [-0.39, 0.29) is 17.9 Å². The van der Waals surface area contributed by atoms with Crippen molar-refractivity contribution in [2.75, 3.05) is 47.0 Å². The van der Waals surface area contributed by atoms with Crippen LogP contribution in [0.5, 0.6) is 0 Å². The largest absolute Gasteiger partial charge is 0.501 e. The number of fused-ring (bicyclic) bond motifs is 2. The Morgan fingerprint density at radius 1 is 1.17 bits per heavy atom. The molecular formula is C28H37N3O4. The van der Waals surface area contributed by atoms with Gasteiger partial charge in [-0.2, -0.15) is 0 Å². The fourth-order valence-corrected chi connectivity index (χ4v) is 5.75. The van der Waals surface area contributed by atoms with E-state index < -0.39 is 5.54 Å². The van der Waals surface area contributed by atoms with Gasteiger partial charge in [0, 0.05) is 38.0 Å². The Morgan fingerprint density at radius 2 is 1.86 bits per heavy atom. The molecule has 2 fully saturated rings. The first-order chi connectivity index (χ1) is 16.9. The number of allylic oxidation sites excluding steroid dienone is 2. The molecule has 0 saturated carbocycles. The Hall–Kier alpha value is -3.06. The van der Waals surface area contributed by atoms with Crippen LogP contribution in [0, 0.1) is 5.92 Å². The Kier molecular flexibility index (Phi) is 7.36.